The molecule has 2 aromatic carbocycles. The van der Waals surface area contributed by atoms with Gasteiger partial charge in [0.1, 0.15) is 36.5 Å². The summed E-state index contributed by atoms with van der Waals surface area (Å²) in [5.74, 6) is 1.82. The molecule has 1 saturated carbocycles. The van der Waals surface area contributed by atoms with Crippen molar-refractivity contribution in [2.75, 3.05) is 38.3 Å². The normalized spacial score (nSPS) is 13.5. The number of aliphatic hydroxyl groups is 1. The first-order valence-corrected chi connectivity index (χ1v) is 11.9. The Morgan fingerprint density at radius 1 is 1.11 bits per heavy atom. The quantitative estimate of drug-likeness (QED) is 0.224. The van der Waals surface area contributed by atoms with Crippen LogP contribution in [0.2, 0.25) is 0 Å². The molecule has 0 aliphatic heterocycles. The summed E-state index contributed by atoms with van der Waals surface area (Å²) >= 11 is 0. The van der Waals surface area contributed by atoms with Gasteiger partial charge in [-0.2, -0.15) is 5.26 Å². The first-order valence-electron chi connectivity index (χ1n) is 11.9. The van der Waals surface area contributed by atoms with Crippen LogP contribution in [0.5, 0.6) is 17.2 Å². The highest BCUT2D eigenvalue weighted by Crippen LogP contribution is 2.28. The average Bonchev–Trinajstić information content (AvgIpc) is 3.68. The van der Waals surface area contributed by atoms with E-state index in [1.807, 2.05) is 0 Å². The summed E-state index contributed by atoms with van der Waals surface area (Å²) in [6.07, 6.45) is 3.71. The molecule has 0 saturated heterocycles. The third-order valence-corrected chi connectivity index (χ3v) is 5.42. The summed E-state index contributed by atoms with van der Waals surface area (Å²) < 4.78 is 16.8. The van der Waals surface area contributed by atoms with Crippen molar-refractivity contribution in [3.8, 4) is 23.3 Å². The smallest absolute Gasteiger partial charge is 0.319 e. The van der Waals surface area contributed by atoms with Gasteiger partial charge in [0.2, 0.25) is 0 Å². The van der Waals surface area contributed by atoms with E-state index in [4.69, 9.17) is 14.2 Å². The number of nitrogens with one attached hydrogen (secondary N) is 2. The zero-order chi connectivity index (χ0) is 24.9. The maximum Gasteiger partial charge on any atom is 0.319 e. The molecule has 9 nitrogen and oxygen atoms in total. The first kappa shape index (κ1) is 26.1. The van der Waals surface area contributed by atoms with Gasteiger partial charge < -0.3 is 35.1 Å². The molecule has 4 N–H and O–H groups in total. The SMILES string of the molecule is N#Cc1cc(OCCOCC2CC2)ccc1OCC(O)CCCCNC(=O)Nc1ccc(O)cc1. The van der Waals surface area contributed by atoms with E-state index in [1.165, 1.54) is 25.0 Å². The fourth-order valence-electron chi connectivity index (χ4n) is 3.26. The highest BCUT2D eigenvalue weighted by molar-refractivity contribution is 5.89. The molecule has 9 heteroatoms. The van der Waals surface area contributed by atoms with E-state index < -0.39 is 6.10 Å². The number of ether oxygens (including phenoxy) is 3. The van der Waals surface area contributed by atoms with E-state index in [1.54, 1.807) is 30.3 Å². The Morgan fingerprint density at radius 2 is 1.91 bits per heavy atom. The molecule has 2 aromatic rings. The average molecular weight is 484 g/mol. The molecule has 188 valence electrons. The van der Waals surface area contributed by atoms with Gasteiger partial charge in [0.15, 0.2) is 0 Å². The van der Waals surface area contributed by atoms with Crippen LogP contribution in [0.3, 0.4) is 0 Å². The number of hydrogen-bond acceptors (Lipinski definition) is 7. The largest absolute Gasteiger partial charge is 0.508 e. The number of amides is 2. The van der Waals surface area contributed by atoms with Gasteiger partial charge in [0, 0.05) is 24.9 Å². The third-order valence-electron chi connectivity index (χ3n) is 5.42. The molecule has 35 heavy (non-hydrogen) atoms. The second kappa shape index (κ2) is 14.0. The van der Waals surface area contributed by atoms with Crippen molar-refractivity contribution in [2.45, 2.75) is 38.2 Å². The van der Waals surface area contributed by atoms with Crippen molar-refractivity contribution in [1.82, 2.24) is 5.32 Å². The molecule has 1 unspecified atom stereocenters. The number of rotatable bonds is 15. The topological polar surface area (TPSA) is 133 Å². The molecule has 2 amide bonds. The van der Waals surface area contributed by atoms with Gasteiger partial charge in [-0.25, -0.2) is 4.79 Å². The van der Waals surface area contributed by atoms with Crippen LogP contribution in [-0.4, -0.2) is 55.3 Å². The summed E-state index contributed by atoms with van der Waals surface area (Å²) in [4.78, 5) is 11.9. The molecule has 0 aromatic heterocycles. The van der Waals surface area contributed by atoms with Gasteiger partial charge in [0.05, 0.1) is 18.3 Å². The lowest BCUT2D eigenvalue weighted by Gasteiger charge is -2.14. The first-order chi connectivity index (χ1) is 17.0. The van der Waals surface area contributed by atoms with Crippen LogP contribution in [-0.2, 0) is 4.74 Å². The van der Waals surface area contributed by atoms with E-state index in [9.17, 15) is 20.3 Å². The lowest BCUT2D eigenvalue weighted by molar-refractivity contribution is 0.0923. The Morgan fingerprint density at radius 3 is 2.66 bits per heavy atom. The Hall–Kier alpha value is -3.48. The van der Waals surface area contributed by atoms with Gasteiger partial charge in [-0.15, -0.1) is 0 Å². The van der Waals surface area contributed by atoms with Crippen LogP contribution in [0.1, 0.15) is 37.7 Å². The third kappa shape index (κ3) is 10.1. The number of anilines is 1. The van der Waals surface area contributed by atoms with Crippen molar-refractivity contribution >= 4 is 11.7 Å². The lowest BCUT2D eigenvalue weighted by atomic mass is 10.1. The maximum atomic E-state index is 11.9. The lowest BCUT2D eigenvalue weighted by Crippen LogP contribution is -2.29. The predicted octanol–water partition coefficient (Wildman–Crippen LogP) is 3.80. The van der Waals surface area contributed by atoms with E-state index in [0.29, 0.717) is 67.7 Å². The monoisotopic (exact) mass is 483 g/mol. The van der Waals surface area contributed by atoms with Gasteiger partial charge >= 0.3 is 6.03 Å². The molecule has 1 fully saturated rings. The molecule has 1 atom stereocenters. The zero-order valence-electron chi connectivity index (χ0n) is 19.7. The van der Waals surface area contributed by atoms with Gasteiger partial charge in [-0.05, 0) is 74.4 Å². The number of hydrogen-bond donors (Lipinski definition) is 4. The second-order valence-electron chi connectivity index (χ2n) is 8.52. The number of benzene rings is 2. The molecular weight excluding hydrogens is 450 g/mol. The Bertz CT molecular complexity index is 972. The zero-order valence-corrected chi connectivity index (χ0v) is 19.7. The van der Waals surface area contributed by atoms with Crippen molar-refractivity contribution in [1.29, 1.82) is 5.26 Å². The van der Waals surface area contributed by atoms with E-state index in [2.05, 4.69) is 16.7 Å². The van der Waals surface area contributed by atoms with Crippen molar-refractivity contribution in [2.24, 2.45) is 5.92 Å². The van der Waals surface area contributed by atoms with Crippen LogP contribution >= 0.6 is 0 Å². The number of nitriles is 1. The maximum absolute atomic E-state index is 11.9. The van der Waals surface area contributed by atoms with E-state index in [-0.39, 0.29) is 18.4 Å². The number of phenols is 1. The van der Waals surface area contributed by atoms with E-state index >= 15 is 0 Å². The Labute approximate surface area is 205 Å². The summed E-state index contributed by atoms with van der Waals surface area (Å²) in [6.45, 7) is 2.25. The molecule has 3 rings (SSSR count). The molecule has 0 spiro atoms. The van der Waals surface area contributed by atoms with Crippen molar-refractivity contribution in [3.05, 3.63) is 48.0 Å². The van der Waals surface area contributed by atoms with Crippen molar-refractivity contribution < 1.29 is 29.2 Å². The molecule has 0 heterocycles. The number of phenolic OH excluding ortho intramolecular Hbond substituents is 1. The van der Waals surface area contributed by atoms with Gasteiger partial charge in [-0.1, -0.05) is 0 Å². The molecular formula is C26H33N3O6. The van der Waals surface area contributed by atoms with Crippen LogP contribution in [0.4, 0.5) is 10.5 Å². The Balaban J connectivity index is 1.27. The summed E-state index contributed by atoms with van der Waals surface area (Å²) in [6, 6.07) is 13.0. The number of aromatic hydroxyl groups is 1. The van der Waals surface area contributed by atoms with Crippen LogP contribution < -0.4 is 20.1 Å². The minimum absolute atomic E-state index is 0.0681. The molecule has 1 aliphatic carbocycles. The van der Waals surface area contributed by atoms with Gasteiger partial charge in [-0.3, -0.25) is 0 Å². The fourth-order valence-corrected chi connectivity index (χ4v) is 3.26. The summed E-state index contributed by atoms with van der Waals surface area (Å²) in [7, 11) is 0. The molecule has 0 radical (unpaired) electrons. The predicted molar refractivity (Wildman–Crippen MR) is 131 cm³/mol. The number of carbonyl (C=O) groups excluding carboxylic acids is 1. The minimum atomic E-state index is -0.688. The number of carbonyl (C=O) groups is 1. The summed E-state index contributed by atoms with van der Waals surface area (Å²) in [5, 5.41) is 34.3. The van der Waals surface area contributed by atoms with Gasteiger partial charge in [0.25, 0.3) is 0 Å². The van der Waals surface area contributed by atoms with Crippen LogP contribution in [0.25, 0.3) is 0 Å². The highest BCUT2D eigenvalue weighted by atomic mass is 16.5. The molecule has 1 aliphatic rings. The number of unbranched alkanes of at least 4 members (excludes halogenated alkanes) is 1. The van der Waals surface area contributed by atoms with E-state index in [0.717, 1.165) is 6.61 Å². The summed E-state index contributed by atoms with van der Waals surface area (Å²) in [5.41, 5.74) is 0.930. The minimum Gasteiger partial charge on any atom is -0.508 e. The number of aliphatic hydroxyl groups excluding tert-OH is 1. The van der Waals surface area contributed by atoms with Crippen LogP contribution in [0.15, 0.2) is 42.5 Å². The highest BCUT2D eigenvalue weighted by Gasteiger charge is 2.20. The fraction of sp³-hybridized carbons (Fsp3) is 0.462. The number of urea groups is 1. The second-order valence-corrected chi connectivity index (χ2v) is 8.52. The molecule has 0 bridgehead atoms. The standard InChI is InChI=1S/C26H33N3O6/c27-16-20-15-24(34-14-13-33-17-19-4-5-19)10-11-25(20)35-18-23(31)3-1-2-12-28-26(32)29-21-6-8-22(30)9-7-21/h6-11,15,19,23,30-31H,1-5,12-14,17-18H2,(H2,28,29,32). The Kier molecular flexibility index (Phi) is 10.5. The van der Waals surface area contributed by atoms with Crippen LogP contribution in [0, 0.1) is 17.2 Å². The number of nitrogens with zero attached hydrogens (tertiary/aromatic N) is 1. The van der Waals surface area contributed by atoms with Crippen molar-refractivity contribution in [3.63, 3.8) is 0 Å².